The lowest BCUT2D eigenvalue weighted by molar-refractivity contribution is 0.00699. The van der Waals surface area contributed by atoms with Crippen molar-refractivity contribution in [1.29, 1.82) is 0 Å². The van der Waals surface area contributed by atoms with Gasteiger partial charge >= 0.3 is 12.1 Å². The van der Waals surface area contributed by atoms with Gasteiger partial charge in [-0.2, -0.15) is 9.97 Å². The van der Waals surface area contributed by atoms with Crippen LogP contribution in [0.25, 0.3) is 32.9 Å². The number of amides is 1. The average molecular weight is 904 g/mol. The number of hydrogen-bond acceptors (Lipinski definition) is 9. The molecule has 0 aliphatic carbocycles. The molecule has 67 heavy (non-hydrogen) atoms. The van der Waals surface area contributed by atoms with Gasteiger partial charge in [-0.15, -0.1) is 6.42 Å². The van der Waals surface area contributed by atoms with E-state index in [0.717, 1.165) is 43.4 Å². The Hall–Kier alpha value is -6.52. The number of aliphatic imine (C=N–C) groups is 1. The Morgan fingerprint density at radius 3 is 2.40 bits per heavy atom. The maximum Gasteiger partial charge on any atom is 0.410 e. The van der Waals surface area contributed by atoms with Crippen LogP contribution < -0.4 is 9.64 Å². The molecule has 2 aromatic heterocycles. The Balaban J connectivity index is 1.11. The van der Waals surface area contributed by atoms with E-state index in [1.807, 2.05) is 92.4 Å². The molecule has 4 fully saturated rings. The Morgan fingerprint density at radius 1 is 0.910 bits per heavy atom. The molecule has 342 valence electrons. The first-order valence-electron chi connectivity index (χ1n) is 23.5. The van der Waals surface area contributed by atoms with Gasteiger partial charge in [0.1, 0.15) is 41.2 Å². The molecule has 0 unspecified atom stereocenters. The summed E-state index contributed by atoms with van der Waals surface area (Å²) in [4.78, 5) is 40.4. The fourth-order valence-corrected chi connectivity index (χ4v) is 11.6. The van der Waals surface area contributed by atoms with Crippen molar-refractivity contribution in [3.8, 4) is 29.6 Å². The number of rotatable bonds is 7. The van der Waals surface area contributed by atoms with Crippen LogP contribution in [0.5, 0.6) is 6.01 Å². The molecule has 5 aliphatic rings. The molecule has 2 bridgehead atoms. The van der Waals surface area contributed by atoms with Crippen LogP contribution in [0.1, 0.15) is 88.1 Å². The fraction of sp³-hybridized carbons (Fsp3) is 0.389. The highest BCUT2D eigenvalue weighted by molar-refractivity contribution is 6.14. The van der Waals surface area contributed by atoms with Gasteiger partial charge in [0, 0.05) is 41.6 Å². The molecule has 0 spiro atoms. The van der Waals surface area contributed by atoms with Crippen molar-refractivity contribution in [3.05, 3.63) is 119 Å². The zero-order chi connectivity index (χ0) is 46.2. The molecule has 0 saturated carbocycles. The SMILES string of the molecule is C#Cc1c(F)ccc2cc(N=C(c3ccccc3)c3ccccc3)cc(-c3nc4c5c(nc(OC[C@@]67CCCN6C[C@H](F)C7)nc5c3F)N3C[C@H]5CC[C@@H]([C@H]3CCC4)N5C(=O)OC(C)(C)C)c12. The van der Waals surface area contributed by atoms with Gasteiger partial charge in [-0.3, -0.25) is 9.80 Å². The average Bonchev–Trinajstić information content (AvgIpc) is 3.96. The van der Waals surface area contributed by atoms with Crippen LogP contribution in [0.4, 0.5) is 29.5 Å². The number of halogens is 3. The summed E-state index contributed by atoms with van der Waals surface area (Å²) in [6.45, 7) is 7.33. The molecule has 6 aromatic rings. The largest absolute Gasteiger partial charge is 0.461 e. The molecule has 4 aromatic carbocycles. The number of piperazine rings is 1. The van der Waals surface area contributed by atoms with E-state index in [1.54, 1.807) is 12.1 Å². The van der Waals surface area contributed by atoms with E-state index < -0.39 is 28.9 Å². The van der Waals surface area contributed by atoms with Crippen LogP contribution in [0.3, 0.4) is 0 Å². The van der Waals surface area contributed by atoms with Gasteiger partial charge in [0.15, 0.2) is 5.82 Å². The molecular weight excluding hydrogens is 852 g/mol. The van der Waals surface area contributed by atoms with Gasteiger partial charge in [-0.05, 0) is 95.8 Å². The summed E-state index contributed by atoms with van der Waals surface area (Å²) >= 11 is 0. The molecular formula is C54H52F3N7O3. The van der Waals surface area contributed by atoms with E-state index in [1.165, 1.54) is 6.07 Å². The van der Waals surface area contributed by atoms with E-state index in [-0.39, 0.29) is 59.2 Å². The second-order valence-electron chi connectivity index (χ2n) is 19.8. The number of nitrogens with zero attached hydrogens (tertiary/aromatic N) is 7. The third-order valence-electron chi connectivity index (χ3n) is 14.4. The van der Waals surface area contributed by atoms with Crippen molar-refractivity contribution in [2.45, 2.75) is 108 Å². The maximum atomic E-state index is 18.3. The highest BCUT2D eigenvalue weighted by Crippen LogP contribution is 2.46. The first kappa shape index (κ1) is 43.1. The van der Waals surface area contributed by atoms with E-state index in [2.05, 4.69) is 15.7 Å². The molecule has 11 rings (SSSR count). The van der Waals surface area contributed by atoms with Gasteiger partial charge < -0.3 is 14.4 Å². The van der Waals surface area contributed by atoms with Crippen molar-refractivity contribution in [3.63, 3.8) is 0 Å². The van der Waals surface area contributed by atoms with Crippen LogP contribution in [-0.2, 0) is 11.2 Å². The van der Waals surface area contributed by atoms with E-state index >= 15 is 8.78 Å². The summed E-state index contributed by atoms with van der Waals surface area (Å²) < 4.78 is 61.5. The monoisotopic (exact) mass is 903 g/mol. The summed E-state index contributed by atoms with van der Waals surface area (Å²) in [5, 5.41) is 1.35. The molecule has 13 heteroatoms. The standard InChI is InChI=1S/C54H52F3N7O3/c1-5-38-40(56)22-20-34-26-36(58-47(32-14-8-6-9-15-32)33-16-10-7-11-17-33)27-39(44(34)38)48-46(57)49-45-41(59-48)18-12-19-42-43-23-21-37(64(43)52(65)67-53(2,3)4)30-63(42)50(45)61-51(60-49)66-31-54-24-13-25-62(54)29-35(55)28-54/h1,6-11,14-17,20,22,26-27,35,37,42-43H,12-13,18-19,21,23-25,28-31H2,2-4H3/t35-,37-,42-,43+,54+/m1/s1. The quantitative estimate of drug-likeness (QED) is 0.115. The second-order valence-corrected chi connectivity index (χ2v) is 19.8. The van der Waals surface area contributed by atoms with Crippen molar-refractivity contribution in [2.75, 3.05) is 31.1 Å². The number of terminal acetylenes is 1. The van der Waals surface area contributed by atoms with Crippen LogP contribution in [0, 0.1) is 24.0 Å². The summed E-state index contributed by atoms with van der Waals surface area (Å²) in [7, 11) is 0. The molecule has 5 aliphatic heterocycles. The summed E-state index contributed by atoms with van der Waals surface area (Å²) in [6.07, 6.45) is 10.2. The predicted octanol–water partition coefficient (Wildman–Crippen LogP) is 10.5. The lowest BCUT2D eigenvalue weighted by atomic mass is 9.92. The summed E-state index contributed by atoms with van der Waals surface area (Å²) in [5.74, 6) is 1.67. The number of hydrogen-bond donors (Lipinski definition) is 0. The molecule has 5 atom stereocenters. The topological polar surface area (TPSA) is 96.3 Å². The molecule has 10 nitrogen and oxygen atoms in total. The van der Waals surface area contributed by atoms with Crippen LogP contribution in [0.2, 0.25) is 0 Å². The number of benzene rings is 4. The number of anilines is 1. The Morgan fingerprint density at radius 2 is 1.67 bits per heavy atom. The zero-order valence-electron chi connectivity index (χ0n) is 37.9. The molecule has 7 heterocycles. The van der Waals surface area contributed by atoms with Gasteiger partial charge in [0.2, 0.25) is 0 Å². The van der Waals surface area contributed by atoms with E-state index in [0.29, 0.717) is 77.8 Å². The van der Waals surface area contributed by atoms with Crippen LogP contribution in [0.15, 0.2) is 89.9 Å². The number of aromatic nitrogens is 3. The number of ether oxygens (including phenoxy) is 2. The van der Waals surface area contributed by atoms with Crippen molar-refractivity contribution in [2.24, 2.45) is 4.99 Å². The Bertz CT molecular complexity index is 2970. The number of pyridine rings is 1. The predicted molar refractivity (Wildman–Crippen MR) is 254 cm³/mol. The lowest BCUT2D eigenvalue weighted by Crippen LogP contribution is -2.62. The van der Waals surface area contributed by atoms with Gasteiger partial charge in [-0.1, -0.05) is 72.7 Å². The normalized spacial score (nSPS) is 23.4. The first-order chi connectivity index (χ1) is 32.4. The summed E-state index contributed by atoms with van der Waals surface area (Å²) in [6, 6.07) is 25.6. The summed E-state index contributed by atoms with van der Waals surface area (Å²) in [5.41, 5.74) is 2.55. The lowest BCUT2D eigenvalue weighted by Gasteiger charge is -2.48. The van der Waals surface area contributed by atoms with Crippen molar-refractivity contribution >= 4 is 45.0 Å². The zero-order valence-corrected chi connectivity index (χ0v) is 37.9. The highest BCUT2D eigenvalue weighted by Gasteiger charge is 2.52. The fourth-order valence-electron chi connectivity index (χ4n) is 11.6. The highest BCUT2D eigenvalue weighted by atomic mass is 19.1. The molecule has 0 radical (unpaired) electrons. The van der Waals surface area contributed by atoms with Gasteiger partial charge in [0.05, 0.1) is 51.7 Å². The minimum absolute atomic E-state index is 0.00751. The van der Waals surface area contributed by atoms with Crippen molar-refractivity contribution < 1.29 is 27.4 Å². The molecule has 1 amide bonds. The van der Waals surface area contributed by atoms with Gasteiger partial charge in [0.25, 0.3) is 0 Å². The number of aryl methyl sites for hydroxylation is 1. The van der Waals surface area contributed by atoms with E-state index in [4.69, 9.17) is 35.8 Å². The second kappa shape index (κ2) is 16.7. The van der Waals surface area contributed by atoms with Crippen LogP contribution in [-0.4, -0.2) is 98.2 Å². The first-order valence-corrected chi connectivity index (χ1v) is 23.5. The van der Waals surface area contributed by atoms with E-state index in [9.17, 15) is 9.18 Å². The minimum Gasteiger partial charge on any atom is -0.461 e. The maximum absolute atomic E-state index is 18.3. The van der Waals surface area contributed by atoms with Crippen molar-refractivity contribution in [1.82, 2.24) is 24.8 Å². The Labute approximate surface area is 388 Å². The Kier molecular flexibility index (Phi) is 10.7. The molecule has 4 saturated heterocycles. The third kappa shape index (κ3) is 7.63. The van der Waals surface area contributed by atoms with Gasteiger partial charge in [-0.25, -0.2) is 27.9 Å². The molecule has 0 N–H and O–H groups in total. The van der Waals surface area contributed by atoms with Crippen LogP contribution >= 0.6 is 0 Å². The smallest absolute Gasteiger partial charge is 0.410 e. The number of alkyl halides is 1. The number of carbonyl (C=O) groups is 1. The number of carbonyl (C=O) groups excluding carboxylic acids is 1. The third-order valence-corrected chi connectivity index (χ3v) is 14.4. The minimum atomic E-state index is -0.967. The number of fused-ring (bicyclic) bond motifs is 7.